The largest absolute Gasteiger partial charge is 0.478 e. The molecule has 0 atom stereocenters. The molecule has 0 spiro atoms. The molecule has 1 rings (SSSR count). The Labute approximate surface area is 155 Å². The van der Waals surface area contributed by atoms with Gasteiger partial charge in [-0.1, -0.05) is 12.7 Å². The highest BCUT2D eigenvalue weighted by Gasteiger charge is 2.41. The average Bonchev–Trinajstić information content (AvgIpc) is 2.62. The zero-order valence-corrected chi connectivity index (χ0v) is 14.0. The summed E-state index contributed by atoms with van der Waals surface area (Å²) in [6.07, 6.45) is 1.05. The van der Waals surface area contributed by atoms with Gasteiger partial charge in [-0.2, -0.15) is 0 Å². The monoisotopic (exact) mass is 396 g/mol. The molecule has 0 amide bonds. The van der Waals surface area contributed by atoms with Crippen molar-refractivity contribution in [2.45, 2.75) is 0 Å². The minimum Gasteiger partial charge on any atom is -0.478 e. The number of carboxylic acids is 4. The van der Waals surface area contributed by atoms with Gasteiger partial charge in [0.2, 0.25) is 0 Å². The fourth-order valence-electron chi connectivity index (χ4n) is 2.32. The van der Waals surface area contributed by atoms with Crippen molar-refractivity contribution in [3.8, 4) is 0 Å². The van der Waals surface area contributed by atoms with E-state index >= 15 is 0 Å². The molecule has 0 saturated heterocycles. The highest BCUT2D eigenvalue weighted by atomic mass is 16.5. The Morgan fingerprint density at radius 2 is 1.04 bits per heavy atom. The molecule has 148 valence electrons. The lowest BCUT2D eigenvalue weighted by Crippen LogP contribution is -2.29. The molecule has 12 nitrogen and oxygen atoms in total. The van der Waals surface area contributed by atoms with Gasteiger partial charge in [-0.15, -0.1) is 0 Å². The van der Waals surface area contributed by atoms with Crippen LogP contribution in [0.15, 0.2) is 12.7 Å². The van der Waals surface area contributed by atoms with E-state index in [9.17, 15) is 49.2 Å². The summed E-state index contributed by atoms with van der Waals surface area (Å²) < 4.78 is 8.94. The van der Waals surface area contributed by atoms with Crippen molar-refractivity contribution in [2.75, 3.05) is 13.7 Å². The number of rotatable bonds is 8. The number of esters is 2. The lowest BCUT2D eigenvalue weighted by molar-refractivity contribution is 0.0505. The maximum Gasteiger partial charge on any atom is 0.340 e. The second-order valence-electron chi connectivity index (χ2n) is 4.85. The van der Waals surface area contributed by atoms with Gasteiger partial charge in [0.15, 0.2) is 0 Å². The molecule has 0 aliphatic carbocycles. The van der Waals surface area contributed by atoms with Gasteiger partial charge >= 0.3 is 35.8 Å². The van der Waals surface area contributed by atoms with Gasteiger partial charge in [-0.05, 0) is 0 Å². The molecule has 0 aromatic heterocycles. The third-order valence-corrected chi connectivity index (χ3v) is 3.28. The normalized spacial score (nSPS) is 9.89. The molecule has 12 heteroatoms. The minimum absolute atomic E-state index is 0.510. The van der Waals surface area contributed by atoms with E-state index in [1.165, 1.54) is 0 Å². The minimum atomic E-state index is -2.16. The number of hydrogen-bond donors (Lipinski definition) is 4. The van der Waals surface area contributed by atoms with Gasteiger partial charge in [0.05, 0.1) is 40.5 Å². The van der Waals surface area contributed by atoms with E-state index in [-0.39, 0.29) is 0 Å². The number of methoxy groups -OCH3 is 1. The summed E-state index contributed by atoms with van der Waals surface area (Å²) in [5.74, 6) is -11.7. The van der Waals surface area contributed by atoms with Crippen LogP contribution in [0, 0.1) is 0 Å². The van der Waals surface area contributed by atoms with E-state index in [1.54, 1.807) is 0 Å². The van der Waals surface area contributed by atoms with E-state index in [4.69, 9.17) is 0 Å². The molecule has 0 bridgehead atoms. The van der Waals surface area contributed by atoms with Crippen molar-refractivity contribution in [2.24, 2.45) is 0 Å². The van der Waals surface area contributed by atoms with Gasteiger partial charge in [-0.25, -0.2) is 28.8 Å². The molecule has 1 aromatic carbocycles. The number of carbonyl (C=O) groups excluding carboxylic acids is 2. The zero-order chi connectivity index (χ0) is 21.8. The topological polar surface area (TPSA) is 202 Å². The van der Waals surface area contributed by atoms with Crippen LogP contribution in [0.3, 0.4) is 0 Å². The van der Waals surface area contributed by atoms with Crippen molar-refractivity contribution in [1.82, 2.24) is 0 Å². The first kappa shape index (κ1) is 21.8. The van der Waals surface area contributed by atoms with Crippen molar-refractivity contribution < 1.29 is 58.7 Å². The van der Waals surface area contributed by atoms with Gasteiger partial charge in [-0.3, -0.25) is 0 Å². The summed E-state index contributed by atoms with van der Waals surface area (Å²) in [7, 11) is 0.749. The van der Waals surface area contributed by atoms with Crippen LogP contribution in [0.5, 0.6) is 0 Å². The van der Waals surface area contributed by atoms with E-state index in [1.807, 2.05) is 0 Å². The molecule has 28 heavy (non-hydrogen) atoms. The van der Waals surface area contributed by atoms with Crippen molar-refractivity contribution in [3.05, 3.63) is 46.0 Å². The van der Waals surface area contributed by atoms with E-state index in [2.05, 4.69) is 16.1 Å². The lowest BCUT2D eigenvalue weighted by atomic mass is 9.86. The third kappa shape index (κ3) is 3.80. The van der Waals surface area contributed by atoms with Crippen LogP contribution in [0.4, 0.5) is 0 Å². The van der Waals surface area contributed by atoms with Crippen LogP contribution in [-0.2, 0) is 9.47 Å². The number of carbonyl (C=O) groups is 6. The number of carboxylic acid groups (broad SMARTS) is 4. The SMILES string of the molecule is C=CCOC(=O)c1c(C(=O)O)c(C(=O)O)c(C(=O)O)c(C(=O)O)c1C(=O)OC. The molecule has 4 N–H and O–H groups in total. The molecule has 0 aliphatic heterocycles. The highest BCUT2D eigenvalue weighted by Crippen LogP contribution is 2.31. The Balaban J connectivity index is 4.40. The molecule has 0 heterocycles. The summed E-state index contributed by atoms with van der Waals surface area (Å²) in [6.45, 7) is 2.73. The second-order valence-corrected chi connectivity index (χ2v) is 4.85. The van der Waals surface area contributed by atoms with Gasteiger partial charge in [0, 0.05) is 0 Å². The molecule has 0 unspecified atom stereocenters. The van der Waals surface area contributed by atoms with Gasteiger partial charge < -0.3 is 29.9 Å². The predicted octanol–water partition coefficient (Wildman–Crippen LogP) is 0.609. The molecular weight excluding hydrogens is 384 g/mol. The lowest BCUT2D eigenvalue weighted by Gasteiger charge is -2.18. The van der Waals surface area contributed by atoms with E-state index in [0.717, 1.165) is 13.2 Å². The predicted molar refractivity (Wildman–Crippen MR) is 86.1 cm³/mol. The summed E-state index contributed by atoms with van der Waals surface area (Å²) in [4.78, 5) is 70.8. The fourth-order valence-corrected chi connectivity index (χ4v) is 2.32. The Bertz CT molecular complexity index is 924. The van der Waals surface area contributed by atoms with Crippen LogP contribution >= 0.6 is 0 Å². The van der Waals surface area contributed by atoms with Crippen LogP contribution in [-0.4, -0.2) is 70.0 Å². The third-order valence-electron chi connectivity index (χ3n) is 3.28. The van der Waals surface area contributed by atoms with Crippen LogP contribution in [0.2, 0.25) is 0 Å². The van der Waals surface area contributed by atoms with E-state index < -0.39 is 75.8 Å². The Morgan fingerprint density at radius 1 is 0.714 bits per heavy atom. The van der Waals surface area contributed by atoms with Crippen molar-refractivity contribution in [1.29, 1.82) is 0 Å². The smallest absolute Gasteiger partial charge is 0.340 e. The standard InChI is InChI=1S/C16H12O12/c1-3-4-28-16(26)10-8(14(23)24)6(12(19)20)5(11(17)18)7(13(21)22)9(10)15(25)27-2/h3H,1,4H2,2H3,(H,17,18)(H,19,20)(H,21,22)(H,23,24). The number of benzene rings is 1. The fraction of sp³-hybridized carbons (Fsp3) is 0.125. The summed E-state index contributed by atoms with van der Waals surface area (Å²) in [5.41, 5.74) is -8.46. The first-order chi connectivity index (χ1) is 13.0. The first-order valence-electron chi connectivity index (χ1n) is 7.04. The average molecular weight is 396 g/mol. The van der Waals surface area contributed by atoms with Gasteiger partial charge in [0.1, 0.15) is 6.61 Å². The molecule has 1 aromatic rings. The van der Waals surface area contributed by atoms with Crippen molar-refractivity contribution >= 4 is 35.8 Å². The molecule has 0 aliphatic rings. The molecular formula is C16H12O12. The second kappa shape index (κ2) is 8.44. The number of ether oxygens (including phenoxy) is 2. The Morgan fingerprint density at radius 3 is 1.32 bits per heavy atom. The van der Waals surface area contributed by atoms with Crippen LogP contribution in [0.1, 0.15) is 62.1 Å². The quantitative estimate of drug-likeness (QED) is 0.352. The number of hydrogen-bond acceptors (Lipinski definition) is 8. The van der Waals surface area contributed by atoms with Crippen LogP contribution in [0.25, 0.3) is 0 Å². The highest BCUT2D eigenvalue weighted by molar-refractivity contribution is 6.23. The van der Waals surface area contributed by atoms with Crippen molar-refractivity contribution in [3.63, 3.8) is 0 Å². The summed E-state index contributed by atoms with van der Waals surface area (Å²) in [5, 5.41) is 37.4. The summed E-state index contributed by atoms with van der Waals surface area (Å²) in [6, 6.07) is 0. The maximum absolute atomic E-state index is 12.3. The van der Waals surface area contributed by atoms with Gasteiger partial charge in [0.25, 0.3) is 0 Å². The maximum atomic E-state index is 12.3. The van der Waals surface area contributed by atoms with Crippen LogP contribution < -0.4 is 0 Å². The molecule has 0 radical (unpaired) electrons. The van der Waals surface area contributed by atoms with E-state index in [0.29, 0.717) is 0 Å². The zero-order valence-electron chi connectivity index (χ0n) is 14.0. The number of aromatic carboxylic acids is 4. The first-order valence-corrected chi connectivity index (χ1v) is 7.04. The molecule has 0 fully saturated rings. The Hall–Kier alpha value is -4.22. The Kier molecular flexibility index (Phi) is 6.58. The summed E-state index contributed by atoms with van der Waals surface area (Å²) >= 11 is 0. The molecule has 0 saturated carbocycles.